The Bertz CT molecular complexity index is 204. The zero-order chi connectivity index (χ0) is 9.02. The van der Waals surface area contributed by atoms with Crippen molar-refractivity contribution in [3.63, 3.8) is 0 Å². The Hall–Kier alpha value is -0.960. The van der Waals surface area contributed by atoms with Gasteiger partial charge in [0.25, 0.3) is 0 Å². The summed E-state index contributed by atoms with van der Waals surface area (Å²) in [5.74, 6) is -1.86. The molecule has 11 heavy (non-hydrogen) atoms. The minimum absolute atomic E-state index is 0.444. The standard InChI is InChI=1S/C8H10F2O/c1-4-7(10)8(5(2)9)6(3)11/h4,6,11H,1-2H2,3H3/b8-7-. The summed E-state index contributed by atoms with van der Waals surface area (Å²) in [4.78, 5) is 0. The third-order valence-electron chi connectivity index (χ3n) is 1.15. The van der Waals surface area contributed by atoms with Crippen molar-refractivity contribution >= 4 is 0 Å². The van der Waals surface area contributed by atoms with E-state index in [4.69, 9.17) is 5.11 Å². The Balaban J connectivity index is 4.87. The van der Waals surface area contributed by atoms with E-state index in [1.807, 2.05) is 0 Å². The Labute approximate surface area is 64.4 Å². The first-order valence-corrected chi connectivity index (χ1v) is 3.05. The van der Waals surface area contributed by atoms with E-state index in [1.165, 1.54) is 6.92 Å². The normalized spacial score (nSPS) is 15.3. The van der Waals surface area contributed by atoms with Gasteiger partial charge in [-0.25, -0.2) is 8.78 Å². The zero-order valence-electron chi connectivity index (χ0n) is 6.27. The summed E-state index contributed by atoms with van der Waals surface area (Å²) in [6.45, 7) is 7.22. The maximum Gasteiger partial charge on any atom is 0.131 e. The molecule has 0 amide bonds. The van der Waals surface area contributed by atoms with Crippen LogP contribution in [0.15, 0.2) is 36.5 Å². The quantitative estimate of drug-likeness (QED) is 0.628. The van der Waals surface area contributed by atoms with Gasteiger partial charge in [-0.15, -0.1) is 0 Å². The summed E-state index contributed by atoms with van der Waals surface area (Å²) in [5.41, 5.74) is -0.444. The minimum Gasteiger partial charge on any atom is -0.388 e. The van der Waals surface area contributed by atoms with E-state index in [1.54, 1.807) is 0 Å². The van der Waals surface area contributed by atoms with Crippen LogP contribution in [0.2, 0.25) is 0 Å². The molecule has 0 spiro atoms. The van der Waals surface area contributed by atoms with E-state index >= 15 is 0 Å². The number of hydrogen-bond donors (Lipinski definition) is 1. The van der Waals surface area contributed by atoms with Crippen LogP contribution in [-0.2, 0) is 0 Å². The van der Waals surface area contributed by atoms with Crippen LogP contribution >= 0.6 is 0 Å². The number of hydrogen-bond acceptors (Lipinski definition) is 1. The van der Waals surface area contributed by atoms with Crippen LogP contribution in [0.25, 0.3) is 0 Å². The molecule has 1 atom stereocenters. The first-order chi connectivity index (χ1) is 5.00. The Morgan fingerprint density at radius 2 is 2.00 bits per heavy atom. The first-order valence-electron chi connectivity index (χ1n) is 3.05. The molecule has 0 aliphatic carbocycles. The lowest BCUT2D eigenvalue weighted by molar-refractivity contribution is 0.226. The molecule has 0 aliphatic rings. The van der Waals surface area contributed by atoms with Crippen molar-refractivity contribution in [3.8, 4) is 0 Å². The second kappa shape index (κ2) is 4.03. The molecule has 0 saturated carbocycles. The Kier molecular flexibility index (Phi) is 3.68. The van der Waals surface area contributed by atoms with Crippen molar-refractivity contribution < 1.29 is 13.9 Å². The van der Waals surface area contributed by atoms with Gasteiger partial charge in [-0.3, -0.25) is 0 Å². The van der Waals surface area contributed by atoms with Crippen LogP contribution in [0.3, 0.4) is 0 Å². The minimum atomic E-state index is -1.20. The molecule has 0 aromatic rings. The molecule has 0 fully saturated rings. The molecule has 1 nitrogen and oxygen atoms in total. The molecule has 62 valence electrons. The average molecular weight is 160 g/mol. The maximum atomic E-state index is 12.6. The molecule has 0 rings (SSSR count). The fraction of sp³-hybridized carbons (Fsp3) is 0.250. The van der Waals surface area contributed by atoms with Crippen molar-refractivity contribution in [2.75, 3.05) is 0 Å². The van der Waals surface area contributed by atoms with Crippen LogP contribution in [0.5, 0.6) is 0 Å². The summed E-state index contributed by atoms with van der Waals surface area (Å²) < 4.78 is 25.0. The van der Waals surface area contributed by atoms with E-state index in [-0.39, 0.29) is 0 Å². The third kappa shape index (κ3) is 2.63. The van der Waals surface area contributed by atoms with Crippen molar-refractivity contribution in [1.82, 2.24) is 0 Å². The first kappa shape index (κ1) is 10.0. The van der Waals surface area contributed by atoms with Crippen LogP contribution in [0.4, 0.5) is 8.78 Å². The fourth-order valence-corrected chi connectivity index (χ4v) is 0.666. The monoisotopic (exact) mass is 160 g/mol. The lowest BCUT2D eigenvalue weighted by atomic mass is 10.1. The van der Waals surface area contributed by atoms with Gasteiger partial charge in [-0.2, -0.15) is 0 Å². The Morgan fingerprint density at radius 1 is 1.55 bits per heavy atom. The molecule has 0 aromatic heterocycles. The van der Waals surface area contributed by atoms with Gasteiger partial charge in [0.1, 0.15) is 11.7 Å². The molecule has 0 aliphatic heterocycles. The molecule has 0 saturated heterocycles. The second-order valence-electron chi connectivity index (χ2n) is 2.05. The summed E-state index contributed by atoms with van der Waals surface area (Å²) in [7, 11) is 0. The average Bonchev–Trinajstić information content (AvgIpc) is 1.85. The zero-order valence-corrected chi connectivity index (χ0v) is 6.27. The number of halogens is 2. The number of rotatable bonds is 3. The van der Waals surface area contributed by atoms with Gasteiger partial charge >= 0.3 is 0 Å². The molecule has 1 unspecified atom stereocenters. The Morgan fingerprint density at radius 3 is 2.09 bits per heavy atom. The largest absolute Gasteiger partial charge is 0.388 e. The predicted octanol–water partition coefficient (Wildman–Crippen LogP) is 2.26. The topological polar surface area (TPSA) is 20.2 Å². The lowest BCUT2D eigenvalue weighted by Gasteiger charge is -2.06. The lowest BCUT2D eigenvalue weighted by Crippen LogP contribution is -2.06. The molecule has 3 heteroatoms. The van der Waals surface area contributed by atoms with Crippen LogP contribution in [0.1, 0.15) is 6.92 Å². The summed E-state index contributed by atoms with van der Waals surface area (Å²) in [6.07, 6.45) is -0.377. The molecule has 0 bridgehead atoms. The third-order valence-corrected chi connectivity index (χ3v) is 1.15. The van der Waals surface area contributed by atoms with Gasteiger partial charge in [0.05, 0.1) is 11.7 Å². The number of allylic oxidation sites excluding steroid dienone is 2. The van der Waals surface area contributed by atoms with E-state index in [0.717, 1.165) is 6.08 Å². The summed E-state index contributed by atoms with van der Waals surface area (Å²) in [5, 5.41) is 8.84. The van der Waals surface area contributed by atoms with Crippen molar-refractivity contribution in [1.29, 1.82) is 0 Å². The van der Waals surface area contributed by atoms with E-state index in [0.29, 0.717) is 0 Å². The summed E-state index contributed by atoms with van der Waals surface area (Å²) >= 11 is 0. The fourth-order valence-electron chi connectivity index (χ4n) is 0.666. The van der Waals surface area contributed by atoms with Gasteiger partial charge in [0.15, 0.2) is 0 Å². The van der Waals surface area contributed by atoms with Crippen molar-refractivity contribution in [2.24, 2.45) is 0 Å². The molecule has 0 radical (unpaired) electrons. The molecule has 1 N–H and O–H groups in total. The highest BCUT2D eigenvalue weighted by molar-refractivity contribution is 5.33. The molecular formula is C8H10F2O. The van der Waals surface area contributed by atoms with Crippen molar-refractivity contribution in [2.45, 2.75) is 13.0 Å². The van der Waals surface area contributed by atoms with E-state index < -0.39 is 23.3 Å². The van der Waals surface area contributed by atoms with Gasteiger partial charge in [-0.05, 0) is 13.0 Å². The van der Waals surface area contributed by atoms with E-state index in [2.05, 4.69) is 13.2 Å². The smallest absolute Gasteiger partial charge is 0.131 e. The van der Waals surface area contributed by atoms with Gasteiger partial charge in [0, 0.05) is 0 Å². The van der Waals surface area contributed by atoms with Gasteiger partial charge < -0.3 is 5.11 Å². The number of aliphatic hydroxyl groups excluding tert-OH is 1. The molecule has 0 aromatic carbocycles. The van der Waals surface area contributed by atoms with Gasteiger partial charge in [0.2, 0.25) is 0 Å². The second-order valence-corrected chi connectivity index (χ2v) is 2.05. The van der Waals surface area contributed by atoms with Gasteiger partial charge in [-0.1, -0.05) is 13.2 Å². The highest BCUT2D eigenvalue weighted by atomic mass is 19.1. The number of aliphatic hydroxyl groups is 1. The SMILES string of the molecule is C=C/C(F)=C(\C(=C)F)C(C)O. The molecular weight excluding hydrogens is 150 g/mol. The summed E-state index contributed by atoms with van der Waals surface area (Å²) in [6, 6.07) is 0. The van der Waals surface area contributed by atoms with Crippen LogP contribution < -0.4 is 0 Å². The van der Waals surface area contributed by atoms with Crippen molar-refractivity contribution in [3.05, 3.63) is 36.5 Å². The highest BCUT2D eigenvalue weighted by Gasteiger charge is 2.13. The van der Waals surface area contributed by atoms with Crippen LogP contribution in [0, 0.1) is 0 Å². The molecule has 0 heterocycles. The van der Waals surface area contributed by atoms with Crippen LogP contribution in [-0.4, -0.2) is 11.2 Å². The maximum absolute atomic E-state index is 12.6. The predicted molar refractivity (Wildman–Crippen MR) is 40.3 cm³/mol. The highest BCUT2D eigenvalue weighted by Crippen LogP contribution is 2.19. The van der Waals surface area contributed by atoms with E-state index in [9.17, 15) is 8.78 Å².